The smallest absolute Gasteiger partial charge is 0.144 e. The van der Waals surface area contributed by atoms with Crippen molar-refractivity contribution in [3.05, 3.63) is 23.0 Å². The van der Waals surface area contributed by atoms with Crippen LogP contribution in [0.25, 0.3) is 0 Å². The van der Waals surface area contributed by atoms with Gasteiger partial charge in [0.05, 0.1) is 16.4 Å². The third kappa shape index (κ3) is 2.40. The van der Waals surface area contributed by atoms with E-state index in [4.69, 9.17) is 17.3 Å². The quantitative estimate of drug-likeness (QED) is 0.782. The minimum absolute atomic E-state index is 0.110. The summed E-state index contributed by atoms with van der Waals surface area (Å²) in [4.78, 5) is 2.32. The highest BCUT2D eigenvalue weighted by atomic mass is 35.5. The molecule has 3 rings (SSSR count). The molecule has 2 unspecified atom stereocenters. The van der Waals surface area contributed by atoms with Crippen LogP contribution in [0.3, 0.4) is 0 Å². The zero-order valence-corrected chi connectivity index (χ0v) is 11.8. The Morgan fingerprint density at radius 1 is 1.16 bits per heavy atom. The number of fused-ring (bicyclic) bond motifs is 1. The van der Waals surface area contributed by atoms with E-state index in [9.17, 15) is 4.39 Å². The lowest BCUT2D eigenvalue weighted by atomic mass is 9.78. The van der Waals surface area contributed by atoms with E-state index >= 15 is 0 Å². The highest BCUT2D eigenvalue weighted by Crippen LogP contribution is 2.40. The standard InChI is InChI=1S/C15H20ClFN2/c16-11-8-13(18)15(9-12(11)17)19-7-3-5-10-4-1-2-6-14(10)19/h8-10,14H,1-7,18H2. The molecule has 0 amide bonds. The highest BCUT2D eigenvalue weighted by molar-refractivity contribution is 6.31. The average molecular weight is 283 g/mol. The van der Waals surface area contributed by atoms with Gasteiger partial charge in [-0.1, -0.05) is 24.4 Å². The molecule has 19 heavy (non-hydrogen) atoms. The largest absolute Gasteiger partial charge is 0.397 e. The Morgan fingerprint density at radius 3 is 2.74 bits per heavy atom. The summed E-state index contributed by atoms with van der Waals surface area (Å²) in [6.07, 6.45) is 7.58. The molecule has 0 spiro atoms. The van der Waals surface area contributed by atoms with E-state index in [0.717, 1.165) is 18.2 Å². The molecule has 1 aliphatic heterocycles. The third-order valence-corrected chi connectivity index (χ3v) is 4.91. The minimum Gasteiger partial charge on any atom is -0.397 e. The van der Waals surface area contributed by atoms with Crippen LogP contribution >= 0.6 is 11.6 Å². The van der Waals surface area contributed by atoms with Crippen LogP contribution < -0.4 is 10.6 Å². The molecule has 1 saturated carbocycles. The molecule has 1 heterocycles. The first kappa shape index (κ1) is 13.0. The normalized spacial score (nSPS) is 27.2. The Bertz CT molecular complexity index is 475. The predicted molar refractivity (Wildman–Crippen MR) is 78.1 cm³/mol. The van der Waals surface area contributed by atoms with Crippen LogP contribution in [-0.2, 0) is 0 Å². The molecule has 2 fully saturated rings. The second-order valence-corrected chi connectivity index (χ2v) is 6.18. The minimum atomic E-state index is -0.371. The van der Waals surface area contributed by atoms with Crippen LogP contribution in [-0.4, -0.2) is 12.6 Å². The van der Waals surface area contributed by atoms with Crippen LogP contribution in [0.1, 0.15) is 38.5 Å². The topological polar surface area (TPSA) is 29.3 Å². The summed E-state index contributed by atoms with van der Waals surface area (Å²) in [6.45, 7) is 0.979. The molecular formula is C15H20ClFN2. The lowest BCUT2D eigenvalue weighted by molar-refractivity contribution is 0.244. The molecule has 0 bridgehead atoms. The summed E-state index contributed by atoms with van der Waals surface area (Å²) in [7, 11) is 0. The van der Waals surface area contributed by atoms with Crippen molar-refractivity contribution in [1.82, 2.24) is 0 Å². The molecule has 4 heteroatoms. The molecule has 1 aromatic carbocycles. The molecule has 2 aliphatic rings. The second-order valence-electron chi connectivity index (χ2n) is 5.77. The maximum absolute atomic E-state index is 13.7. The van der Waals surface area contributed by atoms with Crippen molar-refractivity contribution in [1.29, 1.82) is 0 Å². The lowest BCUT2D eigenvalue weighted by Gasteiger charge is -2.45. The van der Waals surface area contributed by atoms with Crippen molar-refractivity contribution in [3.63, 3.8) is 0 Å². The van der Waals surface area contributed by atoms with E-state index in [1.54, 1.807) is 6.07 Å². The Hall–Kier alpha value is -0.960. The number of anilines is 2. The van der Waals surface area contributed by atoms with E-state index in [-0.39, 0.29) is 10.8 Å². The van der Waals surface area contributed by atoms with Crippen LogP contribution in [0, 0.1) is 11.7 Å². The number of nitrogen functional groups attached to an aromatic ring is 1. The highest BCUT2D eigenvalue weighted by Gasteiger charge is 2.34. The van der Waals surface area contributed by atoms with Gasteiger partial charge in [0.1, 0.15) is 5.82 Å². The summed E-state index contributed by atoms with van der Waals surface area (Å²) >= 11 is 5.79. The Kier molecular flexibility index (Phi) is 3.57. The molecule has 0 aromatic heterocycles. The van der Waals surface area contributed by atoms with Crippen LogP contribution in [0.15, 0.2) is 12.1 Å². The van der Waals surface area contributed by atoms with E-state index in [1.807, 2.05) is 0 Å². The van der Waals surface area contributed by atoms with Crippen molar-refractivity contribution in [2.45, 2.75) is 44.6 Å². The van der Waals surface area contributed by atoms with E-state index in [0.29, 0.717) is 11.7 Å². The molecule has 1 saturated heterocycles. The fourth-order valence-electron chi connectivity index (χ4n) is 3.72. The number of halogens is 2. The van der Waals surface area contributed by atoms with E-state index in [2.05, 4.69) is 4.90 Å². The number of rotatable bonds is 1. The number of nitrogens with two attached hydrogens (primary N) is 1. The third-order valence-electron chi connectivity index (χ3n) is 4.62. The van der Waals surface area contributed by atoms with E-state index < -0.39 is 0 Å². The molecule has 2 nitrogen and oxygen atoms in total. The first-order valence-corrected chi connectivity index (χ1v) is 7.56. The van der Waals surface area contributed by atoms with Gasteiger partial charge in [-0.25, -0.2) is 4.39 Å². The maximum atomic E-state index is 13.7. The lowest BCUT2D eigenvalue weighted by Crippen LogP contribution is -2.47. The van der Waals surface area contributed by atoms with Gasteiger partial charge in [0.2, 0.25) is 0 Å². The second kappa shape index (κ2) is 5.20. The van der Waals surface area contributed by atoms with Gasteiger partial charge in [0, 0.05) is 18.7 Å². The number of piperidine rings is 1. The molecule has 1 aliphatic carbocycles. The summed E-state index contributed by atoms with van der Waals surface area (Å²) < 4.78 is 13.7. The predicted octanol–water partition coefficient (Wildman–Crippen LogP) is 4.22. The van der Waals surface area contributed by atoms with Crippen molar-refractivity contribution in [2.24, 2.45) is 5.92 Å². The molecule has 2 N–H and O–H groups in total. The van der Waals surface area contributed by atoms with Gasteiger partial charge >= 0.3 is 0 Å². The SMILES string of the molecule is Nc1cc(Cl)c(F)cc1N1CCCC2CCCCC21. The molecule has 104 valence electrons. The molecule has 1 aromatic rings. The number of nitrogens with zero attached hydrogens (tertiary/aromatic N) is 1. The van der Waals surface area contributed by atoms with Crippen LogP contribution in [0.4, 0.5) is 15.8 Å². The summed E-state index contributed by atoms with van der Waals surface area (Å²) in [5.74, 6) is 0.379. The fraction of sp³-hybridized carbons (Fsp3) is 0.600. The van der Waals surface area contributed by atoms with Gasteiger partial charge in [-0.2, -0.15) is 0 Å². The number of hydrogen-bond acceptors (Lipinski definition) is 2. The van der Waals surface area contributed by atoms with Crippen molar-refractivity contribution >= 4 is 23.0 Å². The summed E-state index contributed by atoms with van der Waals surface area (Å²) in [5.41, 5.74) is 7.48. The Morgan fingerprint density at radius 2 is 1.89 bits per heavy atom. The van der Waals surface area contributed by atoms with Gasteiger partial charge in [-0.05, 0) is 37.7 Å². The van der Waals surface area contributed by atoms with Crippen molar-refractivity contribution in [2.75, 3.05) is 17.2 Å². The molecule has 2 atom stereocenters. The first-order valence-electron chi connectivity index (χ1n) is 7.18. The van der Waals surface area contributed by atoms with Gasteiger partial charge in [-0.15, -0.1) is 0 Å². The average Bonchev–Trinajstić information content (AvgIpc) is 2.42. The molecule has 0 radical (unpaired) electrons. The summed E-state index contributed by atoms with van der Waals surface area (Å²) in [6, 6.07) is 3.58. The van der Waals surface area contributed by atoms with Crippen molar-refractivity contribution < 1.29 is 4.39 Å². The van der Waals surface area contributed by atoms with Crippen molar-refractivity contribution in [3.8, 4) is 0 Å². The fourth-order valence-corrected chi connectivity index (χ4v) is 3.90. The number of hydrogen-bond donors (Lipinski definition) is 1. The Labute approximate surface area is 118 Å². The van der Waals surface area contributed by atoms with E-state index in [1.165, 1.54) is 44.6 Å². The zero-order chi connectivity index (χ0) is 13.4. The van der Waals surface area contributed by atoms with Gasteiger partial charge in [0.15, 0.2) is 0 Å². The maximum Gasteiger partial charge on any atom is 0.144 e. The Balaban J connectivity index is 1.93. The van der Waals surface area contributed by atoms with Crippen LogP contribution in [0.5, 0.6) is 0 Å². The first-order chi connectivity index (χ1) is 9.16. The van der Waals surface area contributed by atoms with Gasteiger partial charge < -0.3 is 10.6 Å². The van der Waals surface area contributed by atoms with Gasteiger partial charge in [0.25, 0.3) is 0 Å². The van der Waals surface area contributed by atoms with Crippen LogP contribution in [0.2, 0.25) is 5.02 Å². The monoisotopic (exact) mass is 282 g/mol. The molecular weight excluding hydrogens is 263 g/mol. The van der Waals surface area contributed by atoms with Gasteiger partial charge in [-0.3, -0.25) is 0 Å². The number of benzene rings is 1. The zero-order valence-electron chi connectivity index (χ0n) is 11.0. The summed E-state index contributed by atoms with van der Waals surface area (Å²) in [5, 5.41) is 0.110.